The molecule has 1 heteroatoms. The molecule has 3 aliphatic rings. The van der Waals surface area contributed by atoms with Crippen molar-refractivity contribution in [2.24, 2.45) is 17.3 Å². The molecule has 0 saturated heterocycles. The first-order chi connectivity index (χ1) is 4.62. The lowest BCUT2D eigenvalue weighted by atomic mass is 9.50. The minimum Gasteiger partial charge on any atom is -0.295 e. The SMILES string of the molecule is CC1(C)C2CC=C([O])C1C2. The molecule has 2 atom stereocenters. The zero-order chi connectivity index (χ0) is 7.35. The smallest absolute Gasteiger partial charge is 0.155 e. The van der Waals surface area contributed by atoms with Crippen molar-refractivity contribution in [3.05, 3.63) is 11.8 Å². The maximum absolute atomic E-state index is 11.2. The lowest BCUT2D eigenvalue weighted by Gasteiger charge is -2.53. The van der Waals surface area contributed by atoms with Gasteiger partial charge in [0.25, 0.3) is 0 Å². The van der Waals surface area contributed by atoms with Crippen molar-refractivity contribution in [3.8, 4) is 0 Å². The summed E-state index contributed by atoms with van der Waals surface area (Å²) in [5.41, 5.74) is 0.325. The second kappa shape index (κ2) is 1.58. The molecule has 3 rings (SSSR count). The Kier molecular flexibility index (Phi) is 0.988. The van der Waals surface area contributed by atoms with Gasteiger partial charge in [0.05, 0.1) is 0 Å². The third-order valence-corrected chi connectivity index (χ3v) is 3.42. The zero-order valence-corrected chi connectivity index (χ0v) is 6.55. The zero-order valence-electron chi connectivity index (χ0n) is 6.55. The van der Waals surface area contributed by atoms with E-state index in [0.29, 0.717) is 17.1 Å². The molecule has 0 aromatic rings. The van der Waals surface area contributed by atoms with Gasteiger partial charge in [0.1, 0.15) is 0 Å². The molecule has 2 unspecified atom stereocenters. The summed E-state index contributed by atoms with van der Waals surface area (Å²) in [6.07, 6.45) is 4.06. The molecular weight excluding hydrogens is 124 g/mol. The molecule has 3 aliphatic carbocycles. The van der Waals surface area contributed by atoms with Crippen LogP contribution in [0.25, 0.3) is 0 Å². The van der Waals surface area contributed by atoms with E-state index < -0.39 is 0 Å². The van der Waals surface area contributed by atoms with E-state index >= 15 is 0 Å². The fourth-order valence-corrected chi connectivity index (χ4v) is 2.30. The molecule has 0 aromatic carbocycles. The lowest BCUT2D eigenvalue weighted by Crippen LogP contribution is -2.47. The van der Waals surface area contributed by atoms with Gasteiger partial charge in [0.2, 0.25) is 0 Å². The number of hydrogen-bond acceptors (Lipinski definition) is 0. The van der Waals surface area contributed by atoms with Gasteiger partial charge in [0.15, 0.2) is 5.76 Å². The molecule has 1 radical (unpaired) electrons. The van der Waals surface area contributed by atoms with E-state index in [0.717, 1.165) is 18.8 Å². The second-order valence-corrected chi connectivity index (χ2v) is 4.15. The second-order valence-electron chi connectivity index (χ2n) is 4.15. The summed E-state index contributed by atoms with van der Waals surface area (Å²) in [6.45, 7) is 4.44. The van der Waals surface area contributed by atoms with Crippen LogP contribution in [0.5, 0.6) is 0 Å². The Morgan fingerprint density at radius 2 is 2.30 bits per heavy atom. The maximum atomic E-state index is 11.2. The summed E-state index contributed by atoms with van der Waals surface area (Å²) < 4.78 is 0. The molecule has 0 aliphatic heterocycles. The van der Waals surface area contributed by atoms with Crippen molar-refractivity contribution in [3.63, 3.8) is 0 Å². The highest BCUT2D eigenvalue weighted by molar-refractivity contribution is 5.17. The Labute approximate surface area is 61.8 Å². The molecular formula is C9H13O. The van der Waals surface area contributed by atoms with E-state index in [9.17, 15) is 5.11 Å². The largest absolute Gasteiger partial charge is 0.295 e. The number of allylic oxidation sites excluding steroid dienone is 2. The predicted molar refractivity (Wildman–Crippen MR) is 38.8 cm³/mol. The van der Waals surface area contributed by atoms with Gasteiger partial charge in [-0.1, -0.05) is 13.8 Å². The summed E-state index contributed by atoms with van der Waals surface area (Å²) in [7, 11) is 0. The van der Waals surface area contributed by atoms with Gasteiger partial charge in [-0.05, 0) is 30.3 Å². The van der Waals surface area contributed by atoms with Crippen LogP contribution in [0.4, 0.5) is 0 Å². The first-order valence-electron chi connectivity index (χ1n) is 3.99. The third kappa shape index (κ3) is 0.536. The van der Waals surface area contributed by atoms with E-state index in [-0.39, 0.29) is 0 Å². The van der Waals surface area contributed by atoms with Crippen LogP contribution in [0.1, 0.15) is 26.7 Å². The van der Waals surface area contributed by atoms with Gasteiger partial charge in [0, 0.05) is 5.92 Å². The maximum Gasteiger partial charge on any atom is 0.155 e. The molecule has 1 saturated carbocycles. The van der Waals surface area contributed by atoms with Crippen molar-refractivity contribution >= 4 is 0 Å². The van der Waals surface area contributed by atoms with E-state index in [2.05, 4.69) is 13.8 Å². The average molecular weight is 137 g/mol. The summed E-state index contributed by atoms with van der Waals surface area (Å²) in [5, 5.41) is 11.2. The van der Waals surface area contributed by atoms with Crippen LogP contribution in [-0.4, -0.2) is 0 Å². The standard InChI is InChI=1S/C9H13O/c1-9(2)6-3-4-8(10)7(9)5-6/h4,6-7H,3,5H2,1-2H3. The molecule has 0 amide bonds. The molecule has 10 heavy (non-hydrogen) atoms. The highest BCUT2D eigenvalue weighted by Crippen LogP contribution is 2.58. The monoisotopic (exact) mass is 137 g/mol. The third-order valence-electron chi connectivity index (χ3n) is 3.42. The Morgan fingerprint density at radius 1 is 1.60 bits per heavy atom. The van der Waals surface area contributed by atoms with Crippen molar-refractivity contribution in [1.82, 2.24) is 0 Å². The van der Waals surface area contributed by atoms with Crippen LogP contribution in [0.2, 0.25) is 0 Å². The van der Waals surface area contributed by atoms with Crippen molar-refractivity contribution in [2.75, 3.05) is 0 Å². The lowest BCUT2D eigenvalue weighted by molar-refractivity contribution is -0.0434. The van der Waals surface area contributed by atoms with Crippen LogP contribution < -0.4 is 0 Å². The minimum absolute atomic E-state index is 0.325. The van der Waals surface area contributed by atoms with Gasteiger partial charge >= 0.3 is 0 Å². The van der Waals surface area contributed by atoms with Crippen LogP contribution in [0.3, 0.4) is 0 Å². The van der Waals surface area contributed by atoms with Gasteiger partial charge in [-0.15, -0.1) is 0 Å². The summed E-state index contributed by atoms with van der Waals surface area (Å²) >= 11 is 0. The van der Waals surface area contributed by atoms with E-state index in [1.54, 1.807) is 0 Å². The molecule has 0 heterocycles. The minimum atomic E-state index is 0.325. The first-order valence-corrected chi connectivity index (χ1v) is 3.99. The topological polar surface area (TPSA) is 19.9 Å². The summed E-state index contributed by atoms with van der Waals surface area (Å²) in [6, 6.07) is 0. The van der Waals surface area contributed by atoms with Crippen molar-refractivity contribution in [2.45, 2.75) is 26.7 Å². The van der Waals surface area contributed by atoms with Crippen LogP contribution >= 0.6 is 0 Å². The first kappa shape index (κ1) is 6.26. The fourth-order valence-electron chi connectivity index (χ4n) is 2.30. The Morgan fingerprint density at radius 3 is 2.60 bits per heavy atom. The number of rotatable bonds is 0. The molecule has 1 nitrogen and oxygen atoms in total. The van der Waals surface area contributed by atoms with E-state index in [4.69, 9.17) is 0 Å². The Bertz CT molecular complexity index is 191. The van der Waals surface area contributed by atoms with Crippen LogP contribution in [0, 0.1) is 17.3 Å². The molecule has 0 spiro atoms. The molecule has 2 bridgehead atoms. The predicted octanol–water partition coefficient (Wildman–Crippen LogP) is 2.37. The van der Waals surface area contributed by atoms with E-state index in [1.165, 1.54) is 0 Å². The van der Waals surface area contributed by atoms with Gasteiger partial charge < -0.3 is 0 Å². The Hall–Kier alpha value is -0.460. The van der Waals surface area contributed by atoms with Crippen molar-refractivity contribution in [1.29, 1.82) is 0 Å². The molecule has 55 valence electrons. The van der Waals surface area contributed by atoms with Gasteiger partial charge in [-0.3, -0.25) is 5.11 Å². The Balaban J connectivity index is 2.30. The highest BCUT2D eigenvalue weighted by Gasteiger charge is 2.52. The quantitative estimate of drug-likeness (QED) is 0.488. The van der Waals surface area contributed by atoms with Gasteiger partial charge in [-0.2, -0.15) is 0 Å². The van der Waals surface area contributed by atoms with Crippen LogP contribution in [0.15, 0.2) is 11.8 Å². The number of hydrogen-bond donors (Lipinski definition) is 0. The molecule has 0 N–H and O–H groups in total. The van der Waals surface area contributed by atoms with Crippen LogP contribution in [-0.2, 0) is 5.11 Å². The average Bonchev–Trinajstić information content (AvgIpc) is 1.87. The normalized spacial score (nSPS) is 42.0. The number of fused-ring (bicyclic) bond motifs is 1. The van der Waals surface area contributed by atoms with E-state index in [1.807, 2.05) is 6.08 Å². The summed E-state index contributed by atoms with van der Waals surface area (Å²) in [5.74, 6) is 1.56. The highest BCUT2D eigenvalue weighted by atomic mass is 16.3. The summed E-state index contributed by atoms with van der Waals surface area (Å²) in [4.78, 5) is 0. The van der Waals surface area contributed by atoms with Crippen molar-refractivity contribution < 1.29 is 5.11 Å². The molecule has 0 aromatic heterocycles. The molecule has 1 fully saturated rings. The fraction of sp³-hybridized carbons (Fsp3) is 0.778. The van der Waals surface area contributed by atoms with Gasteiger partial charge in [-0.25, -0.2) is 0 Å².